The molecule has 0 atom stereocenters. The van der Waals surface area contributed by atoms with Crippen molar-refractivity contribution >= 4 is 5.91 Å². The largest absolute Gasteiger partial charge is 0.496 e. The van der Waals surface area contributed by atoms with Gasteiger partial charge in [0.15, 0.2) is 0 Å². The molecule has 0 fully saturated rings. The Morgan fingerprint density at radius 2 is 1.46 bits per heavy atom. The standard InChI is InChI=1S/C28H24F3N3O3/c1-36-24-16-25(32-26(17-24)37-23-14-8-13-22(15-23)28(29,30)31)27(35)33-34(18-20-9-4-2-5-10-20)19-21-11-6-3-7-12-21/h2-17H,18-19H2,1H3,(H,33,35). The topological polar surface area (TPSA) is 63.7 Å². The number of hydrazine groups is 1. The van der Waals surface area contributed by atoms with Crippen LogP contribution in [0.4, 0.5) is 13.2 Å². The van der Waals surface area contributed by atoms with Crippen molar-refractivity contribution in [2.75, 3.05) is 7.11 Å². The number of benzene rings is 3. The zero-order valence-corrected chi connectivity index (χ0v) is 19.9. The van der Waals surface area contributed by atoms with Gasteiger partial charge in [-0.15, -0.1) is 0 Å². The second kappa shape index (κ2) is 11.6. The smallest absolute Gasteiger partial charge is 0.416 e. The molecule has 1 heterocycles. The van der Waals surface area contributed by atoms with E-state index in [4.69, 9.17) is 9.47 Å². The quantitative estimate of drug-likeness (QED) is 0.272. The van der Waals surface area contributed by atoms with Crippen LogP contribution >= 0.6 is 0 Å². The van der Waals surface area contributed by atoms with E-state index >= 15 is 0 Å². The number of amides is 1. The minimum atomic E-state index is -4.52. The predicted octanol–water partition coefficient (Wildman–Crippen LogP) is 6.25. The van der Waals surface area contributed by atoms with Crippen molar-refractivity contribution in [1.29, 1.82) is 0 Å². The lowest BCUT2D eigenvalue weighted by Crippen LogP contribution is -2.41. The van der Waals surface area contributed by atoms with Gasteiger partial charge in [0.05, 0.1) is 12.7 Å². The zero-order valence-electron chi connectivity index (χ0n) is 19.9. The van der Waals surface area contributed by atoms with Crippen LogP contribution in [0.1, 0.15) is 27.2 Å². The Kier molecular flexibility index (Phi) is 8.05. The normalized spacial score (nSPS) is 11.3. The number of rotatable bonds is 9. The molecule has 190 valence electrons. The first-order valence-electron chi connectivity index (χ1n) is 11.3. The number of halogens is 3. The molecule has 0 unspecified atom stereocenters. The summed E-state index contributed by atoms with van der Waals surface area (Å²) in [7, 11) is 1.40. The number of carbonyl (C=O) groups is 1. The lowest BCUT2D eigenvalue weighted by Gasteiger charge is -2.23. The van der Waals surface area contributed by atoms with E-state index in [9.17, 15) is 18.0 Å². The molecule has 0 spiro atoms. The van der Waals surface area contributed by atoms with Crippen molar-refractivity contribution in [1.82, 2.24) is 15.4 Å². The van der Waals surface area contributed by atoms with E-state index in [1.807, 2.05) is 60.7 Å². The molecule has 1 amide bonds. The number of ether oxygens (including phenoxy) is 2. The van der Waals surface area contributed by atoms with Crippen LogP contribution in [0.5, 0.6) is 17.4 Å². The average Bonchev–Trinajstić information content (AvgIpc) is 2.89. The molecule has 6 nitrogen and oxygen atoms in total. The lowest BCUT2D eigenvalue weighted by atomic mass is 10.2. The molecule has 37 heavy (non-hydrogen) atoms. The molecule has 0 saturated carbocycles. The molecule has 3 aromatic carbocycles. The monoisotopic (exact) mass is 507 g/mol. The molecule has 1 N–H and O–H groups in total. The van der Waals surface area contributed by atoms with Gasteiger partial charge in [-0.25, -0.2) is 9.99 Å². The van der Waals surface area contributed by atoms with E-state index in [1.165, 1.54) is 31.4 Å². The van der Waals surface area contributed by atoms with Crippen molar-refractivity contribution in [3.05, 3.63) is 119 Å². The number of aromatic nitrogens is 1. The molecule has 0 aliphatic carbocycles. The first-order valence-corrected chi connectivity index (χ1v) is 11.3. The summed E-state index contributed by atoms with van der Waals surface area (Å²) in [5.41, 5.74) is 3.98. The predicted molar refractivity (Wildman–Crippen MR) is 132 cm³/mol. The zero-order chi connectivity index (χ0) is 26.3. The molecule has 0 aliphatic heterocycles. The number of carbonyl (C=O) groups excluding carboxylic acids is 1. The number of pyridine rings is 1. The summed E-state index contributed by atoms with van der Waals surface area (Å²) >= 11 is 0. The van der Waals surface area contributed by atoms with Gasteiger partial charge >= 0.3 is 6.18 Å². The Bertz CT molecular complexity index is 1290. The molecule has 1 aromatic heterocycles. The van der Waals surface area contributed by atoms with Gasteiger partial charge in [0, 0.05) is 25.2 Å². The molecule has 0 bridgehead atoms. The highest BCUT2D eigenvalue weighted by Gasteiger charge is 2.30. The number of nitrogens with one attached hydrogen (secondary N) is 1. The van der Waals surface area contributed by atoms with Crippen molar-refractivity contribution in [3.63, 3.8) is 0 Å². The molecule has 0 saturated heterocycles. The average molecular weight is 508 g/mol. The highest BCUT2D eigenvalue weighted by Crippen LogP contribution is 2.33. The number of hydrogen-bond donors (Lipinski definition) is 1. The van der Waals surface area contributed by atoms with Gasteiger partial charge < -0.3 is 9.47 Å². The molecule has 0 aliphatic rings. The first kappa shape index (κ1) is 25.7. The second-order valence-electron chi connectivity index (χ2n) is 8.13. The molecule has 4 aromatic rings. The summed E-state index contributed by atoms with van der Waals surface area (Å²) in [6.07, 6.45) is -4.52. The number of methoxy groups -OCH3 is 1. The second-order valence-corrected chi connectivity index (χ2v) is 8.13. The van der Waals surface area contributed by atoms with E-state index in [0.29, 0.717) is 13.1 Å². The van der Waals surface area contributed by atoms with Crippen molar-refractivity contribution in [2.45, 2.75) is 19.3 Å². The van der Waals surface area contributed by atoms with Crippen molar-refractivity contribution in [2.24, 2.45) is 0 Å². The molecular weight excluding hydrogens is 483 g/mol. The molecule has 9 heteroatoms. The molecular formula is C28H24F3N3O3. The highest BCUT2D eigenvalue weighted by molar-refractivity contribution is 5.92. The Morgan fingerprint density at radius 1 is 0.838 bits per heavy atom. The van der Waals surface area contributed by atoms with Crippen LogP contribution in [0.25, 0.3) is 0 Å². The van der Waals surface area contributed by atoms with Gasteiger partial charge in [-0.1, -0.05) is 66.7 Å². The minimum absolute atomic E-state index is 0.0209. The summed E-state index contributed by atoms with van der Waals surface area (Å²) < 4.78 is 50.1. The van der Waals surface area contributed by atoms with Gasteiger partial charge in [-0.05, 0) is 29.3 Å². The maximum Gasteiger partial charge on any atom is 0.416 e. The van der Waals surface area contributed by atoms with Crippen molar-refractivity contribution in [3.8, 4) is 17.4 Å². The summed E-state index contributed by atoms with van der Waals surface area (Å²) in [6, 6.07) is 26.5. The molecule has 4 rings (SSSR count). The summed E-state index contributed by atoms with van der Waals surface area (Å²) in [4.78, 5) is 17.4. The summed E-state index contributed by atoms with van der Waals surface area (Å²) in [5.74, 6) is -0.419. The number of alkyl halides is 3. The Morgan fingerprint density at radius 3 is 2.03 bits per heavy atom. The first-order chi connectivity index (χ1) is 17.8. The van der Waals surface area contributed by atoms with E-state index in [2.05, 4.69) is 10.4 Å². The van der Waals surface area contributed by atoms with Gasteiger partial charge in [-0.2, -0.15) is 13.2 Å². The van der Waals surface area contributed by atoms with E-state index in [0.717, 1.165) is 23.3 Å². The maximum atomic E-state index is 13.2. The lowest BCUT2D eigenvalue weighted by molar-refractivity contribution is -0.137. The Hall–Kier alpha value is -4.37. The van der Waals surface area contributed by atoms with Crippen LogP contribution in [-0.2, 0) is 19.3 Å². The van der Waals surface area contributed by atoms with E-state index in [1.54, 1.807) is 5.01 Å². The van der Waals surface area contributed by atoms with Crippen LogP contribution in [0.3, 0.4) is 0 Å². The van der Waals surface area contributed by atoms with E-state index < -0.39 is 17.6 Å². The van der Waals surface area contributed by atoms with Crippen molar-refractivity contribution < 1.29 is 27.4 Å². The van der Waals surface area contributed by atoms with Crippen LogP contribution in [0.15, 0.2) is 97.1 Å². The third kappa shape index (κ3) is 7.31. The Labute approximate surface area is 212 Å². The maximum absolute atomic E-state index is 13.2. The highest BCUT2D eigenvalue weighted by atomic mass is 19.4. The van der Waals surface area contributed by atoms with Crippen LogP contribution < -0.4 is 14.9 Å². The summed E-state index contributed by atoms with van der Waals surface area (Å²) in [6.45, 7) is 0.859. The van der Waals surface area contributed by atoms with Gasteiger partial charge in [0.2, 0.25) is 5.88 Å². The fraction of sp³-hybridized carbons (Fsp3) is 0.143. The molecule has 0 radical (unpaired) electrons. The summed E-state index contributed by atoms with van der Waals surface area (Å²) in [5, 5.41) is 1.75. The van der Waals surface area contributed by atoms with Crippen LogP contribution in [-0.4, -0.2) is 23.0 Å². The number of nitrogens with zero attached hydrogens (tertiary/aromatic N) is 2. The van der Waals surface area contributed by atoms with Crippen LogP contribution in [0, 0.1) is 0 Å². The Balaban J connectivity index is 1.56. The number of hydrogen-bond acceptors (Lipinski definition) is 5. The van der Waals surface area contributed by atoms with Gasteiger partial charge in [0.25, 0.3) is 5.91 Å². The minimum Gasteiger partial charge on any atom is -0.496 e. The fourth-order valence-electron chi connectivity index (χ4n) is 3.57. The van der Waals surface area contributed by atoms with Gasteiger partial charge in [0.1, 0.15) is 17.2 Å². The van der Waals surface area contributed by atoms with Gasteiger partial charge in [-0.3, -0.25) is 10.2 Å². The third-order valence-corrected chi connectivity index (χ3v) is 5.32. The third-order valence-electron chi connectivity index (χ3n) is 5.32. The van der Waals surface area contributed by atoms with E-state index in [-0.39, 0.29) is 23.1 Å². The van der Waals surface area contributed by atoms with Crippen LogP contribution in [0.2, 0.25) is 0 Å². The SMILES string of the molecule is COc1cc(Oc2cccc(C(F)(F)F)c2)nc(C(=O)NN(Cc2ccccc2)Cc2ccccc2)c1. The fourth-order valence-corrected chi connectivity index (χ4v) is 3.57.